The van der Waals surface area contributed by atoms with Gasteiger partial charge in [-0.05, 0) is 84.4 Å². The first-order valence-electron chi connectivity index (χ1n) is 11.3. The first-order chi connectivity index (χ1) is 14.9. The lowest BCUT2D eigenvalue weighted by molar-refractivity contribution is -0.114. The van der Waals surface area contributed by atoms with E-state index in [4.69, 9.17) is 15.9 Å². The number of carbonyl (C=O) groups excluding carboxylic acids is 1. The predicted octanol–water partition coefficient (Wildman–Crippen LogP) is 4.54. The van der Waals surface area contributed by atoms with Crippen LogP contribution in [0.5, 0.6) is 5.75 Å². The van der Waals surface area contributed by atoms with Gasteiger partial charge in [-0.1, -0.05) is 25.0 Å². The highest BCUT2D eigenvalue weighted by Gasteiger charge is 2.61. The minimum Gasteiger partial charge on any atom is -0.497 e. The number of ketones is 1. The average molecular weight is 419 g/mol. The molecule has 3 aliphatic carbocycles. The topological polar surface area (TPSA) is 55.8 Å². The van der Waals surface area contributed by atoms with Crippen molar-refractivity contribution in [2.75, 3.05) is 13.7 Å². The van der Waals surface area contributed by atoms with Gasteiger partial charge >= 0.3 is 0 Å². The van der Waals surface area contributed by atoms with Gasteiger partial charge in [-0.15, -0.1) is 6.42 Å². The molecule has 0 amide bonds. The largest absolute Gasteiger partial charge is 0.497 e. The van der Waals surface area contributed by atoms with Crippen LogP contribution in [-0.4, -0.2) is 30.2 Å². The number of hydrogen-bond acceptors (Lipinski definition) is 4. The lowest BCUT2D eigenvalue weighted by Gasteiger charge is -2.42. The van der Waals surface area contributed by atoms with Gasteiger partial charge in [0.1, 0.15) is 17.5 Å². The van der Waals surface area contributed by atoms with Crippen molar-refractivity contribution < 1.29 is 19.4 Å². The minimum absolute atomic E-state index is 0.202. The Balaban J connectivity index is 1.67. The Morgan fingerprint density at radius 2 is 1.97 bits per heavy atom. The average Bonchev–Trinajstić information content (AvgIpc) is 2.96. The third kappa shape index (κ3) is 3.02. The zero-order valence-electron chi connectivity index (χ0n) is 18.3. The van der Waals surface area contributed by atoms with Gasteiger partial charge < -0.3 is 14.6 Å². The van der Waals surface area contributed by atoms with Gasteiger partial charge in [-0.3, -0.25) is 4.79 Å². The Hall–Kier alpha value is -2.35. The smallest absolute Gasteiger partial charge is 0.156 e. The zero-order chi connectivity index (χ0) is 21.8. The fraction of sp³-hybridized carbons (Fsp3) is 0.519. The number of hydrogen-bond donors (Lipinski definition) is 1. The van der Waals surface area contributed by atoms with Crippen molar-refractivity contribution in [3.63, 3.8) is 0 Å². The van der Waals surface area contributed by atoms with Crippen LogP contribution in [0.4, 0.5) is 0 Å². The van der Waals surface area contributed by atoms with Gasteiger partial charge in [0, 0.05) is 11.8 Å². The van der Waals surface area contributed by atoms with Crippen LogP contribution in [0.3, 0.4) is 0 Å². The molecule has 0 radical (unpaired) electrons. The summed E-state index contributed by atoms with van der Waals surface area (Å²) in [6, 6.07) is 8.07. The van der Waals surface area contributed by atoms with Crippen molar-refractivity contribution in [1.29, 1.82) is 0 Å². The SMILES string of the molecule is C#C[C@]1(O)CCC2C3CCC4=CC(=O)CCC4=C3[C@H](c3ccc(OC)cc3)OC[C@@]21C. The fourth-order valence-corrected chi connectivity index (χ4v) is 6.56. The molecular formula is C27H30O4. The summed E-state index contributed by atoms with van der Waals surface area (Å²) in [6.07, 6.45) is 12.2. The number of rotatable bonds is 2. The molecule has 1 saturated heterocycles. The maximum atomic E-state index is 12.1. The molecule has 162 valence electrons. The Morgan fingerprint density at radius 3 is 2.68 bits per heavy atom. The summed E-state index contributed by atoms with van der Waals surface area (Å²) < 4.78 is 12.0. The maximum absolute atomic E-state index is 12.1. The molecule has 4 heteroatoms. The number of carbonyl (C=O) groups is 1. The molecule has 0 spiro atoms. The highest BCUT2D eigenvalue weighted by molar-refractivity contribution is 5.93. The summed E-state index contributed by atoms with van der Waals surface area (Å²) in [5.41, 5.74) is 3.23. The van der Waals surface area contributed by atoms with E-state index in [1.54, 1.807) is 7.11 Å². The van der Waals surface area contributed by atoms with Crippen LogP contribution in [0.15, 0.2) is 47.1 Å². The number of allylic oxidation sites excluding steroid dienone is 3. The van der Waals surface area contributed by atoms with Crippen LogP contribution in [0.2, 0.25) is 0 Å². The van der Waals surface area contributed by atoms with Gasteiger partial charge in [0.2, 0.25) is 0 Å². The monoisotopic (exact) mass is 418 g/mol. The highest BCUT2D eigenvalue weighted by atomic mass is 16.5. The van der Waals surface area contributed by atoms with E-state index >= 15 is 0 Å². The number of fused-ring (bicyclic) bond motifs is 4. The van der Waals surface area contributed by atoms with E-state index in [-0.39, 0.29) is 17.8 Å². The number of methoxy groups -OCH3 is 1. The van der Waals surface area contributed by atoms with Crippen molar-refractivity contribution in [1.82, 2.24) is 0 Å². The quantitative estimate of drug-likeness (QED) is 0.717. The molecule has 1 heterocycles. The number of terminal acetylenes is 1. The van der Waals surface area contributed by atoms with Crippen molar-refractivity contribution >= 4 is 5.78 Å². The van der Waals surface area contributed by atoms with E-state index in [1.807, 2.05) is 18.2 Å². The first kappa shape index (κ1) is 20.5. The Kier molecular flexibility index (Phi) is 4.88. The zero-order valence-corrected chi connectivity index (χ0v) is 18.3. The summed E-state index contributed by atoms with van der Waals surface area (Å²) in [6.45, 7) is 2.53. The Labute approximate surface area is 184 Å². The Bertz CT molecular complexity index is 1010. The fourth-order valence-electron chi connectivity index (χ4n) is 6.56. The minimum atomic E-state index is -1.15. The van der Waals surface area contributed by atoms with Gasteiger partial charge in [-0.25, -0.2) is 0 Å². The maximum Gasteiger partial charge on any atom is 0.156 e. The van der Waals surface area contributed by atoms with Crippen molar-refractivity contribution in [3.8, 4) is 18.1 Å². The second kappa shape index (κ2) is 7.36. The molecule has 0 bridgehead atoms. The van der Waals surface area contributed by atoms with E-state index in [0.29, 0.717) is 25.4 Å². The van der Waals surface area contributed by atoms with Crippen LogP contribution >= 0.6 is 0 Å². The summed E-state index contributed by atoms with van der Waals surface area (Å²) in [4.78, 5) is 12.1. The molecule has 1 aromatic carbocycles. The third-order valence-electron chi connectivity index (χ3n) is 8.37. The van der Waals surface area contributed by atoms with Crippen LogP contribution in [0, 0.1) is 29.6 Å². The highest BCUT2D eigenvalue weighted by Crippen LogP contribution is 2.61. The molecule has 1 aliphatic heterocycles. The molecule has 4 aliphatic rings. The van der Waals surface area contributed by atoms with Crippen molar-refractivity contribution in [2.45, 2.75) is 57.2 Å². The van der Waals surface area contributed by atoms with Gasteiger partial charge in [0.25, 0.3) is 0 Å². The molecule has 4 nitrogen and oxygen atoms in total. The summed E-state index contributed by atoms with van der Waals surface area (Å²) in [5, 5.41) is 11.4. The second-order valence-corrected chi connectivity index (χ2v) is 9.75. The standard InChI is InChI=1S/C27H30O4/c1-4-27(29)14-13-23-22-11-7-18-15-19(28)8-12-21(18)24(22)25(31-16-26(23,27)2)17-5-9-20(30-3)10-6-17/h1,5-6,9-10,15,22-23,25,29H,7-8,11-14,16H2,2-3H3/t22?,23?,25-,26-,27-/m0/s1. The lowest BCUT2D eigenvalue weighted by Crippen LogP contribution is -2.48. The normalized spacial score (nSPS) is 37.2. The molecule has 5 rings (SSSR count). The van der Waals surface area contributed by atoms with Crippen LogP contribution in [0.25, 0.3) is 0 Å². The van der Waals surface area contributed by atoms with Gasteiger partial charge in [0.05, 0.1) is 13.7 Å². The predicted molar refractivity (Wildman–Crippen MR) is 118 cm³/mol. The molecule has 5 atom stereocenters. The number of ether oxygens (including phenoxy) is 2. The molecule has 0 aromatic heterocycles. The molecule has 1 N–H and O–H groups in total. The number of aliphatic hydroxyl groups is 1. The van der Waals surface area contributed by atoms with Crippen molar-refractivity contribution in [3.05, 3.63) is 52.6 Å². The van der Waals surface area contributed by atoms with Crippen molar-refractivity contribution in [2.24, 2.45) is 17.3 Å². The van der Waals surface area contributed by atoms with E-state index in [1.165, 1.54) is 16.7 Å². The van der Waals surface area contributed by atoms with E-state index in [2.05, 4.69) is 25.0 Å². The van der Waals surface area contributed by atoms with E-state index < -0.39 is 11.0 Å². The van der Waals surface area contributed by atoms with Crippen LogP contribution in [-0.2, 0) is 9.53 Å². The first-order valence-corrected chi connectivity index (χ1v) is 11.3. The van der Waals surface area contributed by atoms with E-state index in [9.17, 15) is 9.90 Å². The molecule has 1 saturated carbocycles. The van der Waals surface area contributed by atoms with E-state index in [0.717, 1.165) is 37.0 Å². The molecule has 31 heavy (non-hydrogen) atoms. The molecule has 2 unspecified atom stereocenters. The lowest BCUT2D eigenvalue weighted by atomic mass is 9.62. The molecule has 1 aromatic rings. The summed E-state index contributed by atoms with van der Waals surface area (Å²) >= 11 is 0. The van der Waals surface area contributed by atoms with Crippen LogP contribution in [0.1, 0.15) is 57.1 Å². The molecular weight excluding hydrogens is 388 g/mol. The second-order valence-electron chi connectivity index (χ2n) is 9.75. The Morgan fingerprint density at radius 1 is 1.19 bits per heavy atom. The van der Waals surface area contributed by atoms with Gasteiger partial charge in [0.15, 0.2) is 5.78 Å². The third-order valence-corrected chi connectivity index (χ3v) is 8.37. The van der Waals surface area contributed by atoms with Crippen LogP contribution < -0.4 is 4.74 Å². The molecule has 2 fully saturated rings. The summed E-state index contributed by atoms with van der Waals surface area (Å²) in [7, 11) is 1.66. The van der Waals surface area contributed by atoms with Gasteiger partial charge in [-0.2, -0.15) is 0 Å². The number of benzene rings is 1. The summed E-state index contributed by atoms with van der Waals surface area (Å²) in [5.74, 6) is 4.31.